The van der Waals surface area contributed by atoms with Crippen molar-refractivity contribution >= 4 is 10.0 Å². The Labute approximate surface area is 173 Å². The lowest BCUT2D eigenvalue weighted by atomic mass is 10.1. The first-order valence-corrected chi connectivity index (χ1v) is 10.7. The highest BCUT2D eigenvalue weighted by atomic mass is 32.2. The molecular weight excluding hydrogens is 412 g/mol. The van der Waals surface area contributed by atoms with Crippen LogP contribution in [0.2, 0.25) is 0 Å². The maximum atomic E-state index is 13.9. The van der Waals surface area contributed by atoms with E-state index in [9.17, 15) is 17.2 Å². The summed E-state index contributed by atoms with van der Waals surface area (Å²) in [6, 6.07) is 9.82. The molecule has 0 aliphatic carbocycles. The molecule has 2 heterocycles. The maximum absolute atomic E-state index is 13.9. The Bertz CT molecular complexity index is 1190. The summed E-state index contributed by atoms with van der Waals surface area (Å²) >= 11 is 0. The predicted octanol–water partition coefficient (Wildman–Crippen LogP) is 3.49. The van der Waals surface area contributed by atoms with Gasteiger partial charge in [0.2, 0.25) is 10.0 Å². The zero-order valence-electron chi connectivity index (χ0n) is 16.1. The Balaban J connectivity index is 1.60. The van der Waals surface area contributed by atoms with E-state index in [0.717, 1.165) is 6.07 Å². The Morgan fingerprint density at radius 3 is 2.73 bits per heavy atom. The van der Waals surface area contributed by atoms with E-state index in [4.69, 9.17) is 4.74 Å². The molecule has 1 saturated heterocycles. The van der Waals surface area contributed by atoms with Crippen LogP contribution < -0.4 is 0 Å². The first-order valence-electron chi connectivity index (χ1n) is 9.30. The van der Waals surface area contributed by atoms with Crippen LogP contribution in [-0.2, 0) is 14.8 Å². The van der Waals surface area contributed by atoms with Gasteiger partial charge in [-0.25, -0.2) is 22.2 Å². The first-order chi connectivity index (χ1) is 14.3. The zero-order valence-corrected chi connectivity index (χ0v) is 16.9. The number of rotatable bonds is 4. The van der Waals surface area contributed by atoms with Crippen molar-refractivity contribution in [3.63, 3.8) is 0 Å². The third-order valence-corrected chi connectivity index (χ3v) is 6.77. The lowest BCUT2D eigenvalue weighted by Gasteiger charge is -2.31. The Kier molecular flexibility index (Phi) is 5.59. The molecule has 3 aromatic rings. The summed E-state index contributed by atoms with van der Waals surface area (Å²) in [6.45, 7) is 1.88. The molecule has 0 bridgehead atoms. The molecule has 0 radical (unpaired) electrons. The van der Waals surface area contributed by atoms with Crippen molar-refractivity contribution in [1.82, 2.24) is 14.3 Å². The van der Waals surface area contributed by atoms with Crippen molar-refractivity contribution in [2.45, 2.75) is 17.9 Å². The molecule has 9 heteroatoms. The fourth-order valence-corrected chi connectivity index (χ4v) is 4.67. The normalized spacial score (nSPS) is 17.8. The molecule has 0 amide bonds. The van der Waals surface area contributed by atoms with Gasteiger partial charge in [-0.2, -0.15) is 4.31 Å². The highest BCUT2D eigenvalue weighted by molar-refractivity contribution is 7.89. The van der Waals surface area contributed by atoms with Crippen LogP contribution in [0.4, 0.5) is 8.78 Å². The predicted molar refractivity (Wildman–Crippen MR) is 106 cm³/mol. The molecule has 0 spiro atoms. The van der Waals surface area contributed by atoms with Crippen LogP contribution in [-0.4, -0.2) is 42.4 Å². The van der Waals surface area contributed by atoms with E-state index in [0.29, 0.717) is 22.5 Å². The molecule has 1 aliphatic rings. The van der Waals surface area contributed by atoms with Crippen molar-refractivity contribution < 1.29 is 21.9 Å². The van der Waals surface area contributed by atoms with E-state index in [1.807, 2.05) is 0 Å². The Morgan fingerprint density at radius 2 is 1.97 bits per heavy atom. The van der Waals surface area contributed by atoms with E-state index in [-0.39, 0.29) is 24.6 Å². The quantitative estimate of drug-likeness (QED) is 0.632. The average Bonchev–Trinajstić information content (AvgIpc) is 2.76. The van der Waals surface area contributed by atoms with Gasteiger partial charge < -0.3 is 4.74 Å². The van der Waals surface area contributed by atoms with E-state index in [1.54, 1.807) is 19.1 Å². The molecule has 6 nitrogen and oxygen atoms in total. The molecule has 1 atom stereocenters. The van der Waals surface area contributed by atoms with Crippen molar-refractivity contribution in [2.24, 2.45) is 0 Å². The van der Waals surface area contributed by atoms with Crippen LogP contribution in [0.3, 0.4) is 0 Å². The number of morpholine rings is 1. The van der Waals surface area contributed by atoms with Crippen molar-refractivity contribution in [2.75, 3.05) is 19.7 Å². The number of hydrogen-bond acceptors (Lipinski definition) is 5. The number of aromatic nitrogens is 2. The Morgan fingerprint density at radius 1 is 1.13 bits per heavy atom. The molecule has 156 valence electrons. The minimum absolute atomic E-state index is 0.0130. The van der Waals surface area contributed by atoms with Crippen molar-refractivity contribution in [3.8, 4) is 11.3 Å². The van der Waals surface area contributed by atoms with Gasteiger partial charge in [-0.3, -0.25) is 4.98 Å². The van der Waals surface area contributed by atoms with Crippen LogP contribution in [0.1, 0.15) is 17.4 Å². The zero-order chi connectivity index (χ0) is 21.3. The Hall–Kier alpha value is -2.75. The summed E-state index contributed by atoms with van der Waals surface area (Å²) in [6.07, 6.45) is 2.35. The van der Waals surface area contributed by atoms with Gasteiger partial charge >= 0.3 is 0 Å². The SMILES string of the molecule is Cc1ccc(S(=O)(=O)N2CCOC(c3cncc(-c4cccc(F)c4)n3)C2)cc1F. The number of sulfonamides is 1. The van der Waals surface area contributed by atoms with Crippen LogP contribution in [0.15, 0.2) is 59.8 Å². The van der Waals surface area contributed by atoms with Gasteiger partial charge in [0.1, 0.15) is 17.7 Å². The number of halogens is 2. The first kappa shape index (κ1) is 20.5. The molecule has 1 aromatic heterocycles. The summed E-state index contributed by atoms with van der Waals surface area (Å²) in [7, 11) is -3.89. The van der Waals surface area contributed by atoms with Crippen LogP contribution in [0.25, 0.3) is 11.3 Å². The molecule has 1 fully saturated rings. The van der Waals surface area contributed by atoms with Gasteiger partial charge in [-0.15, -0.1) is 0 Å². The second kappa shape index (κ2) is 8.17. The second-order valence-corrected chi connectivity index (χ2v) is 8.91. The van der Waals surface area contributed by atoms with E-state index < -0.39 is 27.8 Å². The summed E-state index contributed by atoms with van der Waals surface area (Å²) in [4.78, 5) is 8.53. The van der Waals surface area contributed by atoms with Gasteiger partial charge in [-0.05, 0) is 36.8 Å². The average molecular weight is 431 g/mol. The van der Waals surface area contributed by atoms with Crippen LogP contribution >= 0.6 is 0 Å². The largest absolute Gasteiger partial charge is 0.369 e. The number of nitrogens with zero attached hydrogens (tertiary/aromatic N) is 3. The minimum Gasteiger partial charge on any atom is -0.369 e. The van der Waals surface area contributed by atoms with E-state index >= 15 is 0 Å². The standard InChI is InChI=1S/C21H19F2N3O3S/c1-14-5-6-17(10-18(14)23)30(27,28)26-7-8-29-21(13-26)20-12-24-11-19(25-20)15-3-2-4-16(22)9-15/h2-6,9-12,21H,7-8,13H2,1H3. The molecule has 1 unspecified atom stereocenters. The van der Waals surface area contributed by atoms with Gasteiger partial charge in [-0.1, -0.05) is 18.2 Å². The molecular formula is C21H19F2N3O3S. The van der Waals surface area contributed by atoms with Gasteiger partial charge in [0.15, 0.2) is 0 Å². The van der Waals surface area contributed by atoms with Crippen molar-refractivity contribution in [3.05, 3.63) is 77.8 Å². The van der Waals surface area contributed by atoms with Crippen molar-refractivity contribution in [1.29, 1.82) is 0 Å². The molecule has 1 aliphatic heterocycles. The fraction of sp³-hybridized carbons (Fsp3) is 0.238. The lowest BCUT2D eigenvalue weighted by Crippen LogP contribution is -2.42. The molecule has 30 heavy (non-hydrogen) atoms. The van der Waals surface area contributed by atoms with Crippen LogP contribution in [0.5, 0.6) is 0 Å². The summed E-state index contributed by atoms with van der Waals surface area (Å²) < 4.78 is 60.4. The van der Waals surface area contributed by atoms with E-state index in [1.165, 1.54) is 41.0 Å². The topological polar surface area (TPSA) is 72.4 Å². The second-order valence-electron chi connectivity index (χ2n) is 6.97. The maximum Gasteiger partial charge on any atom is 0.243 e. The molecule has 0 N–H and O–H groups in total. The lowest BCUT2D eigenvalue weighted by molar-refractivity contribution is -0.00508. The molecule has 2 aromatic carbocycles. The number of aryl methyl sites for hydroxylation is 1. The van der Waals surface area contributed by atoms with Gasteiger partial charge in [0, 0.05) is 18.7 Å². The number of benzene rings is 2. The number of hydrogen-bond donors (Lipinski definition) is 0. The summed E-state index contributed by atoms with van der Waals surface area (Å²) in [5.74, 6) is -0.967. The summed E-state index contributed by atoms with van der Waals surface area (Å²) in [5, 5.41) is 0. The van der Waals surface area contributed by atoms with Gasteiger partial charge in [0.25, 0.3) is 0 Å². The minimum atomic E-state index is -3.89. The summed E-state index contributed by atoms with van der Waals surface area (Å²) in [5.41, 5.74) is 1.82. The monoisotopic (exact) mass is 431 g/mol. The number of ether oxygens (including phenoxy) is 1. The highest BCUT2D eigenvalue weighted by Crippen LogP contribution is 2.27. The smallest absolute Gasteiger partial charge is 0.243 e. The fourth-order valence-electron chi connectivity index (χ4n) is 3.23. The third-order valence-electron chi connectivity index (χ3n) is 4.91. The van der Waals surface area contributed by atoms with Gasteiger partial charge in [0.05, 0.1) is 35.3 Å². The van der Waals surface area contributed by atoms with E-state index in [2.05, 4.69) is 9.97 Å². The third kappa shape index (κ3) is 4.09. The highest BCUT2D eigenvalue weighted by Gasteiger charge is 2.32. The molecule has 4 rings (SSSR count). The molecule has 0 saturated carbocycles. The van der Waals surface area contributed by atoms with Crippen LogP contribution in [0, 0.1) is 18.6 Å².